The van der Waals surface area contributed by atoms with Crippen molar-refractivity contribution < 1.29 is 19.1 Å². The molecule has 1 aliphatic heterocycles. The molecule has 1 amide bonds. The number of methoxy groups -OCH3 is 1. The van der Waals surface area contributed by atoms with Crippen LogP contribution in [0.25, 0.3) is 0 Å². The van der Waals surface area contributed by atoms with Gasteiger partial charge in [-0.25, -0.2) is 4.79 Å². The minimum atomic E-state index is -1.14. The number of likely N-dealkylation sites (tertiary alicyclic amines) is 1. The quantitative estimate of drug-likeness (QED) is 0.428. The van der Waals surface area contributed by atoms with Gasteiger partial charge in [0.1, 0.15) is 17.2 Å². The number of rotatable bonds is 5. The zero-order valence-corrected chi connectivity index (χ0v) is 11.8. The summed E-state index contributed by atoms with van der Waals surface area (Å²) in [5, 5.41) is 0. The lowest BCUT2D eigenvalue weighted by Crippen LogP contribution is -2.50. The summed E-state index contributed by atoms with van der Waals surface area (Å²) >= 11 is 0. The van der Waals surface area contributed by atoms with E-state index in [4.69, 9.17) is 4.74 Å². The number of carbonyl (C=O) groups excluding carboxylic acids is 3. The van der Waals surface area contributed by atoms with E-state index >= 15 is 0 Å². The van der Waals surface area contributed by atoms with Crippen LogP contribution in [0.4, 0.5) is 0 Å². The van der Waals surface area contributed by atoms with E-state index in [-0.39, 0.29) is 18.1 Å². The maximum absolute atomic E-state index is 12.6. The first kappa shape index (κ1) is 15.4. The first-order valence-electron chi connectivity index (χ1n) is 6.39. The third kappa shape index (κ3) is 2.85. The molecule has 0 aromatic rings. The number of allylic oxidation sites excluding steroid dienone is 1. The van der Waals surface area contributed by atoms with Crippen molar-refractivity contribution in [3.63, 3.8) is 0 Å². The smallest absolute Gasteiger partial charge is 0.328 e. The van der Waals surface area contributed by atoms with Gasteiger partial charge in [-0.2, -0.15) is 0 Å². The second kappa shape index (κ2) is 5.99. The van der Waals surface area contributed by atoms with Crippen LogP contribution in [0.15, 0.2) is 12.7 Å². The zero-order valence-electron chi connectivity index (χ0n) is 11.8. The first-order chi connectivity index (χ1) is 8.88. The summed E-state index contributed by atoms with van der Waals surface area (Å²) in [4.78, 5) is 37.5. The lowest BCUT2D eigenvalue weighted by atomic mass is 9.81. The molecule has 1 fully saturated rings. The Bertz CT molecular complexity index is 404. The van der Waals surface area contributed by atoms with Crippen LogP contribution in [0, 0.1) is 5.41 Å². The molecule has 0 radical (unpaired) electrons. The topological polar surface area (TPSA) is 63.7 Å². The molecule has 0 N–H and O–H groups in total. The molecular formula is C14H21NO4. The summed E-state index contributed by atoms with van der Waals surface area (Å²) in [5.41, 5.74) is -1.14. The molecule has 0 unspecified atom stereocenters. The van der Waals surface area contributed by atoms with Gasteiger partial charge in [0.2, 0.25) is 5.91 Å². The summed E-state index contributed by atoms with van der Waals surface area (Å²) in [6.07, 6.45) is 3.15. The van der Waals surface area contributed by atoms with Gasteiger partial charge in [-0.3, -0.25) is 9.59 Å². The van der Waals surface area contributed by atoms with Crippen molar-refractivity contribution >= 4 is 17.7 Å². The molecule has 0 spiro atoms. The molecule has 5 heteroatoms. The predicted octanol–water partition coefficient (Wildman–Crippen LogP) is 1.32. The summed E-state index contributed by atoms with van der Waals surface area (Å²) in [5.74, 6) is -0.948. The van der Waals surface area contributed by atoms with E-state index in [2.05, 4.69) is 6.58 Å². The normalized spacial score (nSPS) is 21.6. The van der Waals surface area contributed by atoms with Crippen LogP contribution in [0.3, 0.4) is 0 Å². The minimum absolute atomic E-state index is 0.215. The fraction of sp³-hybridized carbons (Fsp3) is 0.643. The average Bonchev–Trinajstić information content (AvgIpc) is 2.85. The lowest BCUT2D eigenvalue weighted by Gasteiger charge is -2.32. The van der Waals surface area contributed by atoms with Crippen molar-refractivity contribution in [1.82, 2.24) is 4.90 Å². The van der Waals surface area contributed by atoms with Crippen LogP contribution >= 0.6 is 0 Å². The van der Waals surface area contributed by atoms with Crippen LogP contribution in [0.1, 0.15) is 33.1 Å². The fourth-order valence-corrected chi connectivity index (χ4v) is 2.38. The molecule has 1 heterocycles. The predicted molar refractivity (Wildman–Crippen MR) is 70.4 cm³/mol. The standard InChI is InChI=1S/C14H21NO4/c1-5-8-14(3,10(2)16)13(18)15-9-6-7-11(15)12(17)19-4/h5,11H,1,6-9H2,2-4H3/t11-,14-/m0/s1. The van der Waals surface area contributed by atoms with E-state index in [1.165, 1.54) is 18.9 Å². The van der Waals surface area contributed by atoms with Crippen molar-refractivity contribution in [2.24, 2.45) is 5.41 Å². The van der Waals surface area contributed by atoms with E-state index in [1.54, 1.807) is 13.0 Å². The van der Waals surface area contributed by atoms with E-state index in [1.807, 2.05) is 0 Å². The van der Waals surface area contributed by atoms with Crippen LogP contribution < -0.4 is 0 Å². The van der Waals surface area contributed by atoms with E-state index in [9.17, 15) is 14.4 Å². The maximum Gasteiger partial charge on any atom is 0.328 e. The summed E-state index contributed by atoms with van der Waals surface area (Å²) in [7, 11) is 1.30. The van der Waals surface area contributed by atoms with Gasteiger partial charge in [-0.1, -0.05) is 6.08 Å². The molecule has 1 rings (SSSR count). The number of hydrogen-bond donors (Lipinski definition) is 0. The second-order valence-electron chi connectivity index (χ2n) is 5.06. The molecule has 0 aromatic carbocycles. The Labute approximate surface area is 113 Å². The van der Waals surface area contributed by atoms with Crippen molar-refractivity contribution in [3.8, 4) is 0 Å². The molecule has 0 bridgehead atoms. The van der Waals surface area contributed by atoms with Crippen LogP contribution in [0.2, 0.25) is 0 Å². The highest BCUT2D eigenvalue weighted by atomic mass is 16.5. The van der Waals surface area contributed by atoms with Crippen molar-refractivity contribution in [2.45, 2.75) is 39.2 Å². The minimum Gasteiger partial charge on any atom is -0.467 e. The van der Waals surface area contributed by atoms with Crippen LogP contribution in [0.5, 0.6) is 0 Å². The van der Waals surface area contributed by atoms with Crippen LogP contribution in [-0.4, -0.2) is 42.3 Å². The molecule has 0 saturated carbocycles. The lowest BCUT2D eigenvalue weighted by molar-refractivity contribution is -0.157. The van der Waals surface area contributed by atoms with E-state index in [0.29, 0.717) is 13.0 Å². The Morgan fingerprint density at radius 1 is 1.47 bits per heavy atom. The van der Waals surface area contributed by atoms with Crippen molar-refractivity contribution in [2.75, 3.05) is 13.7 Å². The van der Waals surface area contributed by atoms with Gasteiger partial charge in [-0.15, -0.1) is 6.58 Å². The highest BCUT2D eigenvalue weighted by Gasteiger charge is 2.45. The van der Waals surface area contributed by atoms with E-state index < -0.39 is 17.4 Å². The number of ether oxygens (including phenoxy) is 1. The zero-order chi connectivity index (χ0) is 14.6. The van der Waals surface area contributed by atoms with Crippen LogP contribution in [-0.2, 0) is 19.1 Å². The van der Waals surface area contributed by atoms with Gasteiger partial charge in [0.25, 0.3) is 0 Å². The number of carbonyl (C=O) groups is 3. The first-order valence-corrected chi connectivity index (χ1v) is 6.39. The van der Waals surface area contributed by atoms with Gasteiger partial charge in [-0.05, 0) is 33.1 Å². The monoisotopic (exact) mass is 267 g/mol. The molecule has 19 heavy (non-hydrogen) atoms. The fourth-order valence-electron chi connectivity index (χ4n) is 2.38. The second-order valence-corrected chi connectivity index (χ2v) is 5.06. The number of esters is 1. The van der Waals surface area contributed by atoms with Gasteiger partial charge < -0.3 is 9.64 Å². The molecule has 0 aliphatic carbocycles. The third-order valence-electron chi connectivity index (χ3n) is 3.79. The highest BCUT2D eigenvalue weighted by Crippen LogP contribution is 2.30. The highest BCUT2D eigenvalue weighted by molar-refractivity contribution is 6.05. The number of ketones is 1. The maximum atomic E-state index is 12.6. The molecule has 2 atom stereocenters. The Morgan fingerprint density at radius 2 is 2.11 bits per heavy atom. The number of hydrogen-bond acceptors (Lipinski definition) is 4. The summed E-state index contributed by atoms with van der Waals surface area (Å²) in [6.45, 7) is 7.07. The number of nitrogens with zero attached hydrogens (tertiary/aromatic N) is 1. The van der Waals surface area contributed by atoms with Gasteiger partial charge in [0.05, 0.1) is 7.11 Å². The van der Waals surface area contributed by atoms with Gasteiger partial charge in [0, 0.05) is 6.54 Å². The molecule has 1 saturated heterocycles. The Balaban J connectivity index is 2.99. The number of amides is 1. The molecule has 106 valence electrons. The Morgan fingerprint density at radius 3 is 2.58 bits per heavy atom. The molecule has 1 aliphatic rings. The number of Topliss-reactive ketones (excluding diaryl/α,β-unsaturated/α-hetero) is 1. The van der Waals surface area contributed by atoms with Gasteiger partial charge >= 0.3 is 5.97 Å². The summed E-state index contributed by atoms with van der Waals surface area (Å²) < 4.78 is 4.71. The SMILES string of the molecule is C=CC[C@@](C)(C(C)=O)C(=O)N1CCC[C@H]1C(=O)OC. The Hall–Kier alpha value is -1.65. The third-order valence-corrected chi connectivity index (χ3v) is 3.79. The van der Waals surface area contributed by atoms with E-state index in [0.717, 1.165) is 6.42 Å². The largest absolute Gasteiger partial charge is 0.467 e. The van der Waals surface area contributed by atoms with Crippen molar-refractivity contribution in [1.29, 1.82) is 0 Å². The van der Waals surface area contributed by atoms with Crippen molar-refractivity contribution in [3.05, 3.63) is 12.7 Å². The molecular weight excluding hydrogens is 246 g/mol. The van der Waals surface area contributed by atoms with Gasteiger partial charge in [0.15, 0.2) is 0 Å². The average molecular weight is 267 g/mol. The summed E-state index contributed by atoms with van der Waals surface area (Å²) in [6, 6.07) is -0.569. The Kier molecular flexibility index (Phi) is 4.86. The molecule has 5 nitrogen and oxygen atoms in total. The molecule has 0 aromatic heterocycles.